The Hall–Kier alpha value is -6.10. The molecule has 228 valence electrons. The van der Waals surface area contributed by atoms with Crippen molar-refractivity contribution in [2.75, 3.05) is 18.0 Å². The number of amides is 2. The predicted molar refractivity (Wildman–Crippen MR) is 172 cm³/mol. The number of hydrogen-bond donors (Lipinski definition) is 2. The molecule has 11 heteroatoms. The molecule has 0 fully saturated rings. The Kier molecular flexibility index (Phi) is 10.9. The number of hydrogen-bond acceptors (Lipinski definition) is 8. The van der Waals surface area contributed by atoms with E-state index in [4.69, 9.17) is 4.74 Å². The van der Waals surface area contributed by atoms with Gasteiger partial charge >= 0.3 is 5.97 Å². The summed E-state index contributed by atoms with van der Waals surface area (Å²) in [7, 11) is 0. The second-order valence-electron chi connectivity index (χ2n) is 9.61. The number of ether oxygens (including phenoxy) is 1. The Morgan fingerprint density at radius 1 is 0.844 bits per heavy atom. The van der Waals surface area contributed by atoms with E-state index >= 15 is 0 Å². The Morgan fingerprint density at radius 3 is 2.18 bits per heavy atom. The second kappa shape index (κ2) is 15.4. The standard InChI is InChI=1S/C34H31N5O6/c1-3-38(4-2)28-17-13-24(14-18-28)22-31(36-32(40)26-10-6-5-7-11-26)33(41)37-35-23-25-9-8-12-30(21-25)45-34(42)27-15-19-29(20-16-27)39(43)44/h5-23H,3-4H2,1-2H3,(H,36,40)(H,37,41)/b31-22-,35-23-. The Labute approximate surface area is 260 Å². The molecule has 0 aliphatic carbocycles. The van der Waals surface area contributed by atoms with Gasteiger partial charge in [-0.25, -0.2) is 10.2 Å². The number of nitrogens with zero attached hydrogens (tertiary/aromatic N) is 3. The van der Waals surface area contributed by atoms with Crippen LogP contribution in [-0.2, 0) is 4.79 Å². The van der Waals surface area contributed by atoms with Crippen molar-refractivity contribution >= 4 is 41.4 Å². The molecule has 4 aromatic carbocycles. The number of nitro benzene ring substituents is 1. The smallest absolute Gasteiger partial charge is 0.343 e. The molecule has 2 amide bonds. The Morgan fingerprint density at radius 2 is 1.53 bits per heavy atom. The summed E-state index contributed by atoms with van der Waals surface area (Å²) in [5.74, 6) is -1.59. The maximum absolute atomic E-state index is 13.2. The fraction of sp³-hybridized carbons (Fsp3) is 0.118. The first-order valence-electron chi connectivity index (χ1n) is 14.1. The minimum absolute atomic E-state index is 0.0117. The zero-order valence-electron chi connectivity index (χ0n) is 24.7. The highest BCUT2D eigenvalue weighted by atomic mass is 16.6. The fourth-order valence-electron chi connectivity index (χ4n) is 4.25. The number of nitro groups is 1. The molecule has 0 spiro atoms. The van der Waals surface area contributed by atoms with E-state index in [0.717, 1.165) is 18.8 Å². The average Bonchev–Trinajstić information content (AvgIpc) is 3.06. The molecule has 0 heterocycles. The lowest BCUT2D eigenvalue weighted by Crippen LogP contribution is -2.32. The molecule has 2 N–H and O–H groups in total. The number of carbonyl (C=O) groups excluding carboxylic acids is 3. The predicted octanol–water partition coefficient (Wildman–Crippen LogP) is 5.58. The van der Waals surface area contributed by atoms with Crippen molar-refractivity contribution in [3.8, 4) is 5.75 Å². The van der Waals surface area contributed by atoms with Crippen LogP contribution in [0.3, 0.4) is 0 Å². The first-order chi connectivity index (χ1) is 21.8. The van der Waals surface area contributed by atoms with Crippen LogP contribution in [0.4, 0.5) is 11.4 Å². The lowest BCUT2D eigenvalue weighted by atomic mass is 10.1. The van der Waals surface area contributed by atoms with Gasteiger partial charge in [0.05, 0.1) is 16.7 Å². The van der Waals surface area contributed by atoms with E-state index in [9.17, 15) is 24.5 Å². The van der Waals surface area contributed by atoms with Gasteiger partial charge < -0.3 is 15.0 Å². The van der Waals surface area contributed by atoms with E-state index in [2.05, 4.69) is 34.6 Å². The molecule has 4 aromatic rings. The molecule has 0 atom stereocenters. The highest BCUT2D eigenvalue weighted by molar-refractivity contribution is 6.05. The van der Waals surface area contributed by atoms with Crippen LogP contribution in [0.2, 0.25) is 0 Å². The van der Waals surface area contributed by atoms with Crippen molar-refractivity contribution in [3.63, 3.8) is 0 Å². The maximum atomic E-state index is 13.2. The normalized spacial score (nSPS) is 11.1. The van der Waals surface area contributed by atoms with Crippen LogP contribution < -0.4 is 20.4 Å². The minimum Gasteiger partial charge on any atom is -0.423 e. The van der Waals surface area contributed by atoms with E-state index < -0.39 is 22.7 Å². The summed E-state index contributed by atoms with van der Waals surface area (Å²) in [6.45, 7) is 5.86. The first-order valence-corrected chi connectivity index (χ1v) is 14.1. The lowest BCUT2D eigenvalue weighted by Gasteiger charge is -2.20. The van der Waals surface area contributed by atoms with Crippen molar-refractivity contribution in [2.24, 2.45) is 5.10 Å². The molecule has 4 rings (SSSR count). The summed E-state index contributed by atoms with van der Waals surface area (Å²) < 4.78 is 5.38. The van der Waals surface area contributed by atoms with Gasteiger partial charge in [0.25, 0.3) is 17.5 Å². The first kappa shape index (κ1) is 31.8. The number of non-ortho nitro benzene ring substituents is 1. The van der Waals surface area contributed by atoms with Gasteiger partial charge in [-0.05, 0) is 79.6 Å². The molecule has 0 radical (unpaired) electrons. The molecule has 0 saturated carbocycles. The van der Waals surface area contributed by atoms with Gasteiger partial charge in [0.15, 0.2) is 0 Å². The summed E-state index contributed by atoms with van der Waals surface area (Å²) in [6.07, 6.45) is 2.92. The monoisotopic (exact) mass is 605 g/mol. The highest BCUT2D eigenvalue weighted by Crippen LogP contribution is 2.18. The molecule has 0 saturated heterocycles. The van der Waals surface area contributed by atoms with E-state index in [-0.39, 0.29) is 22.7 Å². The van der Waals surface area contributed by atoms with Gasteiger partial charge in [0.1, 0.15) is 11.4 Å². The summed E-state index contributed by atoms with van der Waals surface area (Å²) in [5, 5.41) is 17.5. The molecular weight excluding hydrogens is 574 g/mol. The van der Waals surface area contributed by atoms with Crippen molar-refractivity contribution < 1.29 is 24.0 Å². The number of hydrazone groups is 1. The molecule has 0 aliphatic heterocycles. The molecule has 0 aliphatic rings. The van der Waals surface area contributed by atoms with Crippen LogP contribution in [0.1, 0.15) is 45.7 Å². The average molecular weight is 606 g/mol. The van der Waals surface area contributed by atoms with Crippen molar-refractivity contribution in [3.05, 3.63) is 141 Å². The fourth-order valence-corrected chi connectivity index (χ4v) is 4.25. The molecule has 0 bridgehead atoms. The summed E-state index contributed by atoms with van der Waals surface area (Å²) in [4.78, 5) is 51.0. The largest absolute Gasteiger partial charge is 0.423 e. The van der Waals surface area contributed by atoms with Gasteiger partial charge in [-0.2, -0.15) is 5.10 Å². The van der Waals surface area contributed by atoms with Crippen molar-refractivity contribution in [1.29, 1.82) is 0 Å². The van der Waals surface area contributed by atoms with Gasteiger partial charge in [-0.3, -0.25) is 19.7 Å². The third-order valence-corrected chi connectivity index (χ3v) is 6.62. The van der Waals surface area contributed by atoms with Gasteiger partial charge in [-0.15, -0.1) is 0 Å². The topological polar surface area (TPSA) is 143 Å². The van der Waals surface area contributed by atoms with E-state index in [1.165, 1.54) is 36.5 Å². The van der Waals surface area contributed by atoms with E-state index in [1.54, 1.807) is 54.6 Å². The summed E-state index contributed by atoms with van der Waals surface area (Å²) in [5.41, 5.74) is 5.07. The van der Waals surface area contributed by atoms with Gasteiger partial charge in [0.2, 0.25) is 0 Å². The molecule has 45 heavy (non-hydrogen) atoms. The van der Waals surface area contributed by atoms with Gasteiger partial charge in [0, 0.05) is 36.5 Å². The van der Waals surface area contributed by atoms with E-state index in [1.807, 2.05) is 24.3 Å². The molecule has 11 nitrogen and oxygen atoms in total. The number of rotatable bonds is 12. The lowest BCUT2D eigenvalue weighted by molar-refractivity contribution is -0.384. The maximum Gasteiger partial charge on any atom is 0.343 e. The zero-order valence-corrected chi connectivity index (χ0v) is 24.7. The van der Waals surface area contributed by atoms with Crippen molar-refractivity contribution in [2.45, 2.75) is 13.8 Å². The van der Waals surface area contributed by atoms with Gasteiger partial charge in [-0.1, -0.05) is 42.5 Å². The number of anilines is 1. The highest BCUT2D eigenvalue weighted by Gasteiger charge is 2.15. The van der Waals surface area contributed by atoms with Crippen LogP contribution in [0.25, 0.3) is 6.08 Å². The van der Waals surface area contributed by atoms with Crippen LogP contribution >= 0.6 is 0 Å². The third kappa shape index (κ3) is 8.94. The molecular formula is C34H31N5O6. The quantitative estimate of drug-likeness (QED) is 0.0536. The summed E-state index contributed by atoms with van der Waals surface area (Å²) >= 11 is 0. The Balaban J connectivity index is 1.47. The SMILES string of the molecule is CCN(CC)c1ccc(/C=C(\NC(=O)c2ccccc2)C(=O)N/N=C\c2cccc(OC(=O)c3ccc([N+](=O)[O-])cc3)c2)cc1. The van der Waals surface area contributed by atoms with E-state index in [0.29, 0.717) is 16.7 Å². The van der Waals surface area contributed by atoms with Crippen LogP contribution in [0.15, 0.2) is 114 Å². The van der Waals surface area contributed by atoms with Crippen LogP contribution in [0.5, 0.6) is 5.75 Å². The molecule has 0 aromatic heterocycles. The van der Waals surface area contributed by atoms with Crippen LogP contribution in [0, 0.1) is 10.1 Å². The number of benzene rings is 4. The number of nitrogens with one attached hydrogen (secondary N) is 2. The number of carbonyl (C=O) groups is 3. The molecule has 0 unspecified atom stereocenters. The van der Waals surface area contributed by atoms with Crippen molar-refractivity contribution in [1.82, 2.24) is 10.7 Å². The second-order valence-corrected chi connectivity index (χ2v) is 9.61. The third-order valence-electron chi connectivity index (χ3n) is 6.62. The Bertz CT molecular complexity index is 1710. The summed E-state index contributed by atoms with van der Waals surface area (Å²) in [6, 6.07) is 27.6. The number of esters is 1. The van der Waals surface area contributed by atoms with Crippen LogP contribution in [-0.4, -0.2) is 42.0 Å². The zero-order chi connectivity index (χ0) is 32.2. The minimum atomic E-state index is -0.693.